The van der Waals surface area contributed by atoms with Crippen LogP contribution in [0, 0.1) is 0 Å². The zero-order valence-corrected chi connectivity index (χ0v) is 13.3. The summed E-state index contributed by atoms with van der Waals surface area (Å²) >= 11 is 3.30. The van der Waals surface area contributed by atoms with Crippen LogP contribution in [-0.4, -0.2) is 30.3 Å². The molecule has 6 heteroatoms. The third-order valence-corrected chi connectivity index (χ3v) is 2.98. The standard InChI is InChI=1S/C15H17BrO5/c1-2-3-8-20-15(19)10-21-13-6-5-12(16)9-11(13)4-7-14(17)18/h4-7,9H,2-3,8,10H2,1H3,(H,17,18). The van der Waals surface area contributed by atoms with Gasteiger partial charge in [-0.25, -0.2) is 9.59 Å². The lowest BCUT2D eigenvalue weighted by molar-refractivity contribution is -0.146. The van der Waals surface area contributed by atoms with Gasteiger partial charge in [-0.2, -0.15) is 0 Å². The fourth-order valence-electron chi connectivity index (χ4n) is 1.45. The predicted molar refractivity (Wildman–Crippen MR) is 82.2 cm³/mol. The summed E-state index contributed by atoms with van der Waals surface area (Å²) in [6.45, 7) is 2.18. The Morgan fingerprint density at radius 2 is 2.14 bits per heavy atom. The van der Waals surface area contributed by atoms with E-state index in [1.54, 1.807) is 18.2 Å². The van der Waals surface area contributed by atoms with E-state index in [0.717, 1.165) is 23.4 Å². The molecule has 0 unspecified atom stereocenters. The summed E-state index contributed by atoms with van der Waals surface area (Å²) in [4.78, 5) is 22.0. The van der Waals surface area contributed by atoms with Crippen molar-refractivity contribution in [2.75, 3.05) is 13.2 Å². The van der Waals surface area contributed by atoms with E-state index in [4.69, 9.17) is 14.6 Å². The summed E-state index contributed by atoms with van der Waals surface area (Å²) in [6, 6.07) is 5.11. The zero-order chi connectivity index (χ0) is 15.7. The minimum absolute atomic E-state index is 0.209. The van der Waals surface area contributed by atoms with Gasteiger partial charge in [0.1, 0.15) is 5.75 Å². The Labute approximate surface area is 131 Å². The number of carbonyl (C=O) groups is 2. The van der Waals surface area contributed by atoms with Gasteiger partial charge in [0, 0.05) is 16.1 Å². The average molecular weight is 357 g/mol. The fraction of sp³-hybridized carbons (Fsp3) is 0.333. The first-order chi connectivity index (χ1) is 10.0. The molecule has 1 rings (SSSR count). The molecule has 0 amide bonds. The number of unbranched alkanes of at least 4 members (excludes halogenated alkanes) is 1. The van der Waals surface area contributed by atoms with Crippen molar-refractivity contribution in [2.45, 2.75) is 19.8 Å². The molecule has 5 nitrogen and oxygen atoms in total. The van der Waals surface area contributed by atoms with Crippen LogP contribution >= 0.6 is 15.9 Å². The first-order valence-corrected chi connectivity index (χ1v) is 7.31. The minimum atomic E-state index is -1.06. The molecule has 1 aromatic carbocycles. The lowest BCUT2D eigenvalue weighted by Crippen LogP contribution is -2.15. The van der Waals surface area contributed by atoms with E-state index >= 15 is 0 Å². The number of carboxylic acid groups (broad SMARTS) is 1. The molecule has 0 aliphatic rings. The summed E-state index contributed by atoms with van der Waals surface area (Å²) in [7, 11) is 0. The molecule has 0 aliphatic heterocycles. The maximum absolute atomic E-state index is 11.5. The summed E-state index contributed by atoms with van der Waals surface area (Å²) in [5, 5.41) is 8.66. The Morgan fingerprint density at radius 1 is 1.38 bits per heavy atom. The van der Waals surface area contributed by atoms with Gasteiger partial charge in [0.2, 0.25) is 0 Å². The molecule has 0 aliphatic carbocycles. The summed E-state index contributed by atoms with van der Waals surface area (Å²) in [6.07, 6.45) is 4.18. The maximum atomic E-state index is 11.5. The molecule has 0 saturated heterocycles. The second-order valence-electron chi connectivity index (χ2n) is 4.22. The number of hydrogen-bond acceptors (Lipinski definition) is 4. The van der Waals surface area contributed by atoms with Crippen LogP contribution in [0.2, 0.25) is 0 Å². The van der Waals surface area contributed by atoms with Gasteiger partial charge in [0.05, 0.1) is 6.61 Å². The molecule has 0 radical (unpaired) electrons. The molecule has 0 saturated carbocycles. The molecule has 0 bridgehead atoms. The highest BCUT2D eigenvalue weighted by Crippen LogP contribution is 2.24. The van der Waals surface area contributed by atoms with E-state index < -0.39 is 11.9 Å². The Balaban J connectivity index is 2.65. The molecule has 0 atom stereocenters. The SMILES string of the molecule is CCCCOC(=O)COc1ccc(Br)cc1C=CC(=O)O. The first-order valence-electron chi connectivity index (χ1n) is 6.52. The normalized spacial score (nSPS) is 10.6. The van der Waals surface area contributed by atoms with Crippen LogP contribution in [0.5, 0.6) is 5.75 Å². The number of rotatable bonds is 8. The third-order valence-electron chi connectivity index (χ3n) is 2.48. The van der Waals surface area contributed by atoms with Crippen molar-refractivity contribution in [3.8, 4) is 5.75 Å². The van der Waals surface area contributed by atoms with Crippen LogP contribution < -0.4 is 4.74 Å². The topological polar surface area (TPSA) is 72.8 Å². The van der Waals surface area contributed by atoms with Crippen LogP contribution in [0.15, 0.2) is 28.7 Å². The Bertz CT molecular complexity index is 525. The average Bonchev–Trinajstić information content (AvgIpc) is 2.44. The molecule has 0 heterocycles. The lowest BCUT2D eigenvalue weighted by Gasteiger charge is -2.09. The lowest BCUT2D eigenvalue weighted by atomic mass is 10.2. The highest BCUT2D eigenvalue weighted by molar-refractivity contribution is 9.10. The Kier molecular flexibility index (Phi) is 7.53. The largest absolute Gasteiger partial charge is 0.481 e. The molecular formula is C15H17BrO5. The van der Waals surface area contributed by atoms with Crippen LogP contribution in [0.4, 0.5) is 0 Å². The Hall–Kier alpha value is -1.82. The number of esters is 1. The van der Waals surface area contributed by atoms with Crippen molar-refractivity contribution < 1.29 is 24.2 Å². The number of aliphatic carboxylic acids is 1. The third kappa shape index (κ3) is 6.94. The molecule has 1 N–H and O–H groups in total. The van der Waals surface area contributed by atoms with Crippen molar-refractivity contribution in [1.82, 2.24) is 0 Å². The van der Waals surface area contributed by atoms with E-state index in [1.807, 2.05) is 6.92 Å². The summed E-state index contributed by atoms with van der Waals surface area (Å²) in [5.41, 5.74) is 0.563. The summed E-state index contributed by atoms with van der Waals surface area (Å²) in [5.74, 6) is -1.08. The number of halogens is 1. The molecule has 0 spiro atoms. The van der Waals surface area contributed by atoms with Crippen molar-refractivity contribution in [1.29, 1.82) is 0 Å². The van der Waals surface area contributed by atoms with E-state index in [2.05, 4.69) is 15.9 Å². The van der Waals surface area contributed by atoms with Gasteiger partial charge in [-0.3, -0.25) is 0 Å². The van der Waals surface area contributed by atoms with Crippen LogP contribution in [0.3, 0.4) is 0 Å². The van der Waals surface area contributed by atoms with E-state index in [1.165, 1.54) is 6.08 Å². The number of ether oxygens (including phenoxy) is 2. The molecular weight excluding hydrogens is 340 g/mol. The van der Waals surface area contributed by atoms with E-state index in [9.17, 15) is 9.59 Å². The molecule has 1 aromatic rings. The Morgan fingerprint density at radius 3 is 2.81 bits per heavy atom. The number of hydrogen-bond donors (Lipinski definition) is 1. The van der Waals surface area contributed by atoms with Crippen molar-refractivity contribution in [3.05, 3.63) is 34.3 Å². The van der Waals surface area contributed by atoms with E-state index in [0.29, 0.717) is 17.9 Å². The van der Waals surface area contributed by atoms with Crippen molar-refractivity contribution >= 4 is 33.9 Å². The van der Waals surface area contributed by atoms with Gasteiger partial charge in [0.15, 0.2) is 6.61 Å². The van der Waals surface area contributed by atoms with Crippen LogP contribution in [-0.2, 0) is 14.3 Å². The monoisotopic (exact) mass is 356 g/mol. The van der Waals surface area contributed by atoms with Gasteiger partial charge in [-0.05, 0) is 30.7 Å². The molecule has 0 fully saturated rings. The van der Waals surface area contributed by atoms with Gasteiger partial charge in [0.25, 0.3) is 0 Å². The second kappa shape index (κ2) is 9.18. The molecule has 21 heavy (non-hydrogen) atoms. The second-order valence-corrected chi connectivity index (χ2v) is 5.13. The number of carboxylic acids is 1. The van der Waals surface area contributed by atoms with Crippen molar-refractivity contribution in [2.24, 2.45) is 0 Å². The quantitative estimate of drug-likeness (QED) is 0.439. The smallest absolute Gasteiger partial charge is 0.344 e. The highest BCUT2D eigenvalue weighted by atomic mass is 79.9. The summed E-state index contributed by atoms with van der Waals surface area (Å²) < 4.78 is 11.1. The van der Waals surface area contributed by atoms with Gasteiger partial charge >= 0.3 is 11.9 Å². The number of carbonyl (C=O) groups excluding carboxylic acids is 1. The molecule has 114 valence electrons. The minimum Gasteiger partial charge on any atom is -0.481 e. The zero-order valence-electron chi connectivity index (χ0n) is 11.7. The van der Waals surface area contributed by atoms with Gasteiger partial charge < -0.3 is 14.6 Å². The van der Waals surface area contributed by atoms with Gasteiger partial charge in [-0.1, -0.05) is 29.3 Å². The maximum Gasteiger partial charge on any atom is 0.344 e. The fourth-order valence-corrected chi connectivity index (χ4v) is 1.83. The number of benzene rings is 1. The predicted octanol–water partition coefficient (Wildman–Crippen LogP) is 3.27. The van der Waals surface area contributed by atoms with Crippen LogP contribution in [0.1, 0.15) is 25.3 Å². The van der Waals surface area contributed by atoms with Crippen molar-refractivity contribution in [3.63, 3.8) is 0 Å². The van der Waals surface area contributed by atoms with Crippen LogP contribution in [0.25, 0.3) is 6.08 Å². The first kappa shape index (κ1) is 17.2. The van der Waals surface area contributed by atoms with Gasteiger partial charge in [-0.15, -0.1) is 0 Å². The van der Waals surface area contributed by atoms with E-state index in [-0.39, 0.29) is 6.61 Å². The highest BCUT2D eigenvalue weighted by Gasteiger charge is 2.07. The molecule has 0 aromatic heterocycles.